The van der Waals surface area contributed by atoms with Crippen molar-refractivity contribution in [2.24, 2.45) is 0 Å². The predicted octanol–water partition coefficient (Wildman–Crippen LogP) is 3.81. The van der Waals surface area contributed by atoms with Gasteiger partial charge in [-0.2, -0.15) is 0 Å². The highest BCUT2D eigenvalue weighted by molar-refractivity contribution is 6.30. The van der Waals surface area contributed by atoms with E-state index in [1.54, 1.807) is 0 Å². The predicted molar refractivity (Wildman–Crippen MR) is 115 cm³/mol. The second-order valence-corrected chi connectivity index (χ2v) is 8.26. The molecular formula is C22H27ClN6. The van der Waals surface area contributed by atoms with E-state index < -0.39 is 0 Å². The van der Waals surface area contributed by atoms with Gasteiger partial charge in [-0.05, 0) is 47.5 Å². The summed E-state index contributed by atoms with van der Waals surface area (Å²) in [4.78, 5) is 4.99. The summed E-state index contributed by atoms with van der Waals surface area (Å²) >= 11 is 6.14. The molecule has 2 heterocycles. The van der Waals surface area contributed by atoms with Crippen molar-refractivity contribution in [2.45, 2.75) is 32.5 Å². The van der Waals surface area contributed by atoms with Gasteiger partial charge >= 0.3 is 0 Å². The Hall–Kier alpha value is -2.28. The number of tetrazole rings is 1. The summed E-state index contributed by atoms with van der Waals surface area (Å²) in [5.74, 6) is 0.888. The molecule has 0 aliphatic carbocycles. The number of benzene rings is 2. The Morgan fingerprint density at radius 1 is 0.931 bits per heavy atom. The number of nitrogens with zero attached hydrogens (tertiary/aromatic N) is 6. The molecule has 0 unspecified atom stereocenters. The van der Waals surface area contributed by atoms with Gasteiger partial charge < -0.3 is 0 Å². The minimum atomic E-state index is 0.0172. The van der Waals surface area contributed by atoms with Crippen LogP contribution >= 0.6 is 11.6 Å². The number of rotatable bonds is 6. The maximum atomic E-state index is 6.14. The lowest BCUT2D eigenvalue weighted by Gasteiger charge is -2.39. The molecule has 1 atom stereocenters. The molecule has 1 aliphatic heterocycles. The van der Waals surface area contributed by atoms with E-state index in [0.717, 1.165) is 43.6 Å². The molecule has 2 aromatic carbocycles. The van der Waals surface area contributed by atoms with Gasteiger partial charge in [0.2, 0.25) is 0 Å². The van der Waals surface area contributed by atoms with Crippen LogP contribution in [-0.4, -0.2) is 56.2 Å². The second kappa shape index (κ2) is 9.03. The fourth-order valence-electron chi connectivity index (χ4n) is 3.94. The number of halogens is 1. The minimum absolute atomic E-state index is 0.0172. The minimum Gasteiger partial charge on any atom is -0.297 e. The van der Waals surface area contributed by atoms with Crippen LogP contribution in [0.4, 0.5) is 0 Å². The fraction of sp³-hybridized carbons (Fsp3) is 0.409. The van der Waals surface area contributed by atoms with Gasteiger partial charge in [0.25, 0.3) is 0 Å². The van der Waals surface area contributed by atoms with Crippen molar-refractivity contribution in [3.8, 4) is 0 Å². The zero-order chi connectivity index (χ0) is 20.2. The van der Waals surface area contributed by atoms with E-state index in [4.69, 9.17) is 11.6 Å². The Balaban J connectivity index is 1.54. The van der Waals surface area contributed by atoms with Crippen LogP contribution in [0.15, 0.2) is 54.6 Å². The molecule has 0 amide bonds. The first-order valence-corrected chi connectivity index (χ1v) is 10.5. The van der Waals surface area contributed by atoms with Gasteiger partial charge in [-0.25, -0.2) is 4.68 Å². The topological polar surface area (TPSA) is 50.1 Å². The Bertz CT molecular complexity index is 901. The molecule has 1 saturated heterocycles. The average Bonchev–Trinajstić information content (AvgIpc) is 3.21. The van der Waals surface area contributed by atoms with Crippen LogP contribution < -0.4 is 0 Å². The van der Waals surface area contributed by atoms with Crippen molar-refractivity contribution in [2.75, 3.05) is 26.2 Å². The smallest absolute Gasteiger partial charge is 0.173 e. The van der Waals surface area contributed by atoms with Crippen molar-refractivity contribution in [1.82, 2.24) is 30.0 Å². The van der Waals surface area contributed by atoms with Gasteiger partial charge in [-0.1, -0.05) is 54.1 Å². The summed E-state index contributed by atoms with van der Waals surface area (Å²) in [6.07, 6.45) is 0. The fourth-order valence-corrected chi connectivity index (χ4v) is 4.06. The van der Waals surface area contributed by atoms with Crippen LogP contribution in [0.1, 0.15) is 42.9 Å². The van der Waals surface area contributed by atoms with Crippen LogP contribution in [0, 0.1) is 0 Å². The number of piperazine rings is 1. The lowest BCUT2D eigenvalue weighted by Crippen LogP contribution is -2.48. The molecule has 0 spiro atoms. The maximum Gasteiger partial charge on any atom is 0.173 e. The van der Waals surface area contributed by atoms with Gasteiger partial charge in [-0.3, -0.25) is 9.80 Å². The monoisotopic (exact) mass is 410 g/mol. The molecular weight excluding hydrogens is 384 g/mol. The number of hydrogen-bond acceptors (Lipinski definition) is 5. The third kappa shape index (κ3) is 4.66. The second-order valence-electron chi connectivity index (χ2n) is 7.83. The summed E-state index contributed by atoms with van der Waals surface area (Å²) in [5, 5.41) is 13.4. The first-order chi connectivity index (χ1) is 14.1. The van der Waals surface area contributed by atoms with E-state index in [0.29, 0.717) is 0 Å². The molecule has 7 heteroatoms. The van der Waals surface area contributed by atoms with Gasteiger partial charge in [-0.15, -0.1) is 5.10 Å². The molecule has 1 fully saturated rings. The molecule has 3 aromatic rings. The summed E-state index contributed by atoms with van der Waals surface area (Å²) in [5.41, 5.74) is 2.53. The van der Waals surface area contributed by atoms with Crippen LogP contribution in [-0.2, 0) is 6.54 Å². The van der Waals surface area contributed by atoms with E-state index in [9.17, 15) is 0 Å². The Morgan fingerprint density at radius 3 is 2.28 bits per heavy atom. The van der Waals surface area contributed by atoms with Gasteiger partial charge in [0.15, 0.2) is 5.82 Å². The van der Waals surface area contributed by atoms with Crippen LogP contribution in [0.25, 0.3) is 0 Å². The quantitative estimate of drug-likeness (QED) is 0.618. The van der Waals surface area contributed by atoms with Crippen molar-refractivity contribution in [3.63, 3.8) is 0 Å². The summed E-state index contributed by atoms with van der Waals surface area (Å²) in [6, 6.07) is 18.9. The first kappa shape index (κ1) is 20.0. The summed E-state index contributed by atoms with van der Waals surface area (Å²) in [6.45, 7) is 9.16. The van der Waals surface area contributed by atoms with E-state index >= 15 is 0 Å². The highest BCUT2D eigenvalue weighted by Gasteiger charge is 2.31. The molecule has 0 radical (unpaired) electrons. The Labute approximate surface area is 177 Å². The lowest BCUT2D eigenvalue weighted by molar-refractivity contribution is 0.0996. The van der Waals surface area contributed by atoms with E-state index in [2.05, 4.69) is 81.6 Å². The number of hydrogen-bond donors (Lipinski definition) is 0. The van der Waals surface area contributed by atoms with Crippen LogP contribution in [0.5, 0.6) is 0 Å². The highest BCUT2D eigenvalue weighted by atomic mass is 35.5. The van der Waals surface area contributed by atoms with Crippen molar-refractivity contribution < 1.29 is 0 Å². The normalized spacial score (nSPS) is 17.0. The molecule has 0 N–H and O–H groups in total. The van der Waals surface area contributed by atoms with Crippen LogP contribution in [0.3, 0.4) is 0 Å². The molecule has 1 aromatic heterocycles. The maximum absolute atomic E-state index is 6.14. The van der Waals surface area contributed by atoms with Gasteiger partial charge in [0.05, 0.1) is 12.1 Å². The zero-order valence-electron chi connectivity index (χ0n) is 16.9. The molecule has 6 nitrogen and oxygen atoms in total. The molecule has 1 aliphatic rings. The van der Waals surface area contributed by atoms with E-state index in [-0.39, 0.29) is 12.1 Å². The molecule has 152 valence electrons. The van der Waals surface area contributed by atoms with Crippen molar-refractivity contribution >= 4 is 11.6 Å². The van der Waals surface area contributed by atoms with E-state index in [1.165, 1.54) is 11.1 Å². The van der Waals surface area contributed by atoms with Crippen molar-refractivity contribution in [1.29, 1.82) is 0 Å². The first-order valence-electron chi connectivity index (χ1n) is 10.2. The Morgan fingerprint density at radius 2 is 1.62 bits per heavy atom. The number of aromatic nitrogens is 4. The SMILES string of the molecule is CC(C)n1nnnc1[C@H](c1ccc(Cl)cc1)N1CCN(Cc2ccccc2)CC1. The van der Waals surface area contributed by atoms with Gasteiger partial charge in [0.1, 0.15) is 0 Å². The molecule has 0 saturated carbocycles. The third-order valence-electron chi connectivity index (χ3n) is 5.46. The summed E-state index contributed by atoms with van der Waals surface area (Å²) < 4.78 is 1.93. The lowest BCUT2D eigenvalue weighted by atomic mass is 10.0. The zero-order valence-corrected chi connectivity index (χ0v) is 17.7. The van der Waals surface area contributed by atoms with Crippen LogP contribution in [0.2, 0.25) is 5.02 Å². The summed E-state index contributed by atoms with van der Waals surface area (Å²) in [7, 11) is 0. The molecule has 4 rings (SSSR count). The third-order valence-corrected chi connectivity index (χ3v) is 5.71. The van der Waals surface area contributed by atoms with E-state index in [1.807, 2.05) is 16.8 Å². The Kier molecular flexibility index (Phi) is 6.23. The van der Waals surface area contributed by atoms with Crippen molar-refractivity contribution in [3.05, 3.63) is 76.6 Å². The standard InChI is InChI=1S/C22H27ClN6/c1-17(2)29-22(24-25-26-29)21(19-8-10-20(23)11-9-19)28-14-12-27(13-15-28)16-18-6-4-3-5-7-18/h3-11,17,21H,12-16H2,1-2H3/t21-/m0/s1. The largest absolute Gasteiger partial charge is 0.297 e. The molecule has 0 bridgehead atoms. The average molecular weight is 411 g/mol. The van der Waals surface area contributed by atoms with Gasteiger partial charge in [0, 0.05) is 37.7 Å². The molecule has 29 heavy (non-hydrogen) atoms. The highest BCUT2D eigenvalue weighted by Crippen LogP contribution is 2.30.